The zero-order chi connectivity index (χ0) is 12.4. The highest BCUT2D eigenvalue weighted by atomic mass is 79.9. The van der Waals surface area contributed by atoms with E-state index in [9.17, 15) is 9.50 Å². The smallest absolute Gasteiger partial charge is 0.143 e. The van der Waals surface area contributed by atoms with Crippen LogP contribution in [-0.4, -0.2) is 5.11 Å². The summed E-state index contributed by atoms with van der Waals surface area (Å²) in [5.41, 5.74) is 0.899. The zero-order valence-corrected chi connectivity index (χ0v) is 11.9. The number of rotatable bonds is 2. The van der Waals surface area contributed by atoms with Crippen LogP contribution in [0.5, 0.6) is 0 Å². The molecule has 2 rings (SSSR count). The number of hydrogen-bond donors (Lipinski definition) is 1. The third-order valence-electron chi connectivity index (χ3n) is 2.48. The third-order valence-corrected chi connectivity index (χ3v) is 3.81. The maximum absolute atomic E-state index is 13.8. The van der Waals surface area contributed by atoms with Gasteiger partial charge in [0.2, 0.25) is 0 Å². The fourth-order valence-corrected chi connectivity index (χ4v) is 2.48. The summed E-state index contributed by atoms with van der Waals surface area (Å²) < 4.78 is 15.0. The van der Waals surface area contributed by atoms with Crippen LogP contribution in [0, 0.1) is 5.82 Å². The van der Waals surface area contributed by atoms with Crippen LogP contribution in [0.4, 0.5) is 4.39 Å². The molecule has 1 unspecified atom stereocenters. The minimum Gasteiger partial charge on any atom is -0.384 e. The molecule has 0 aliphatic heterocycles. The van der Waals surface area contributed by atoms with Gasteiger partial charge in [0.1, 0.15) is 11.9 Å². The topological polar surface area (TPSA) is 20.2 Å². The Kier molecular flexibility index (Phi) is 3.97. The fourth-order valence-electron chi connectivity index (χ4n) is 1.60. The van der Waals surface area contributed by atoms with E-state index in [0.717, 1.165) is 4.47 Å². The van der Waals surface area contributed by atoms with Crippen LogP contribution in [-0.2, 0) is 0 Å². The largest absolute Gasteiger partial charge is 0.384 e. The fraction of sp³-hybridized carbons (Fsp3) is 0.0769. The Balaban J connectivity index is 2.48. The molecular weight excluding hydrogens is 351 g/mol. The third kappa shape index (κ3) is 2.59. The number of hydrogen-bond acceptors (Lipinski definition) is 1. The quantitative estimate of drug-likeness (QED) is 0.840. The van der Waals surface area contributed by atoms with E-state index in [1.807, 2.05) is 12.1 Å². The molecule has 0 aromatic heterocycles. The van der Waals surface area contributed by atoms with Crippen molar-refractivity contribution >= 4 is 31.9 Å². The Morgan fingerprint density at radius 2 is 1.47 bits per heavy atom. The average molecular weight is 360 g/mol. The van der Waals surface area contributed by atoms with Crippen LogP contribution >= 0.6 is 31.9 Å². The van der Waals surface area contributed by atoms with Gasteiger partial charge in [0, 0.05) is 10.0 Å². The maximum atomic E-state index is 13.8. The minimum atomic E-state index is -0.983. The van der Waals surface area contributed by atoms with E-state index in [1.54, 1.807) is 30.3 Å². The van der Waals surface area contributed by atoms with Crippen LogP contribution in [0.2, 0.25) is 0 Å². The summed E-state index contributed by atoms with van der Waals surface area (Å²) in [4.78, 5) is 0. The van der Waals surface area contributed by atoms with Gasteiger partial charge >= 0.3 is 0 Å². The monoisotopic (exact) mass is 358 g/mol. The Morgan fingerprint density at radius 1 is 0.882 bits per heavy atom. The molecule has 0 aliphatic rings. The van der Waals surface area contributed by atoms with Crippen molar-refractivity contribution in [2.45, 2.75) is 6.10 Å². The van der Waals surface area contributed by atoms with Crippen LogP contribution in [0.15, 0.2) is 51.4 Å². The molecule has 88 valence electrons. The molecule has 0 saturated heterocycles. The van der Waals surface area contributed by atoms with Crippen LogP contribution in [0.25, 0.3) is 0 Å². The van der Waals surface area contributed by atoms with Crippen LogP contribution in [0.1, 0.15) is 17.2 Å². The first-order valence-corrected chi connectivity index (χ1v) is 6.56. The summed E-state index contributed by atoms with van der Waals surface area (Å²) in [6.07, 6.45) is -0.983. The van der Waals surface area contributed by atoms with Gasteiger partial charge in [0.05, 0.1) is 4.47 Å². The Labute approximate surface area is 116 Å². The Hall–Kier alpha value is -0.710. The van der Waals surface area contributed by atoms with Gasteiger partial charge in [-0.3, -0.25) is 0 Å². The lowest BCUT2D eigenvalue weighted by Crippen LogP contribution is -2.03. The van der Waals surface area contributed by atoms with Gasteiger partial charge < -0.3 is 5.11 Å². The van der Waals surface area contributed by atoms with Gasteiger partial charge in [-0.2, -0.15) is 0 Å². The molecule has 2 aromatic rings. The molecule has 0 radical (unpaired) electrons. The molecule has 0 saturated carbocycles. The van der Waals surface area contributed by atoms with Crippen molar-refractivity contribution in [1.82, 2.24) is 0 Å². The standard InChI is InChI=1S/C13H9Br2FO/c14-10-6-2-1-4-8(10)13(17)9-5-3-7-11(15)12(9)16/h1-7,13,17H. The first kappa shape index (κ1) is 12.7. The van der Waals surface area contributed by atoms with Gasteiger partial charge in [-0.25, -0.2) is 4.39 Å². The maximum Gasteiger partial charge on any atom is 0.143 e. The van der Waals surface area contributed by atoms with Gasteiger partial charge in [0.25, 0.3) is 0 Å². The SMILES string of the molecule is OC(c1ccccc1Br)c1cccc(Br)c1F. The Bertz CT molecular complexity index is 543. The molecule has 0 bridgehead atoms. The van der Waals surface area contributed by atoms with Gasteiger partial charge in [-0.05, 0) is 33.6 Å². The Morgan fingerprint density at radius 3 is 2.18 bits per heavy atom. The molecule has 4 heteroatoms. The number of halogens is 3. The van der Waals surface area contributed by atoms with Crippen molar-refractivity contribution < 1.29 is 9.50 Å². The molecule has 0 fully saturated rings. The predicted octanol–water partition coefficient (Wildman–Crippen LogP) is 4.43. The lowest BCUT2D eigenvalue weighted by atomic mass is 10.0. The lowest BCUT2D eigenvalue weighted by Gasteiger charge is -2.14. The highest BCUT2D eigenvalue weighted by Crippen LogP contribution is 2.31. The number of aliphatic hydroxyl groups is 1. The van der Waals surface area contributed by atoms with E-state index in [2.05, 4.69) is 31.9 Å². The molecule has 1 atom stereocenters. The highest BCUT2D eigenvalue weighted by Gasteiger charge is 2.18. The molecule has 0 aliphatic carbocycles. The predicted molar refractivity (Wildman–Crippen MR) is 72.3 cm³/mol. The minimum absolute atomic E-state index is 0.256. The second-order valence-corrected chi connectivity index (χ2v) is 5.28. The molecular formula is C13H9Br2FO. The summed E-state index contributed by atoms with van der Waals surface area (Å²) in [6, 6.07) is 12.1. The van der Waals surface area contributed by atoms with Gasteiger partial charge in [-0.1, -0.05) is 46.3 Å². The first-order chi connectivity index (χ1) is 8.11. The normalized spacial score (nSPS) is 12.5. The van der Waals surface area contributed by atoms with E-state index >= 15 is 0 Å². The number of benzene rings is 2. The van der Waals surface area contributed by atoms with Crippen LogP contribution < -0.4 is 0 Å². The molecule has 2 aromatic carbocycles. The summed E-state index contributed by atoms with van der Waals surface area (Å²) in [7, 11) is 0. The molecule has 0 spiro atoms. The van der Waals surface area contributed by atoms with Crippen molar-refractivity contribution in [3.63, 3.8) is 0 Å². The lowest BCUT2D eigenvalue weighted by molar-refractivity contribution is 0.214. The summed E-state index contributed by atoms with van der Waals surface area (Å²) in [5, 5.41) is 10.2. The molecule has 17 heavy (non-hydrogen) atoms. The van der Waals surface area contributed by atoms with E-state index < -0.39 is 11.9 Å². The molecule has 1 nitrogen and oxygen atoms in total. The van der Waals surface area contributed by atoms with E-state index in [1.165, 1.54) is 0 Å². The molecule has 0 amide bonds. The second kappa shape index (κ2) is 5.29. The van der Waals surface area contributed by atoms with Gasteiger partial charge in [-0.15, -0.1) is 0 Å². The van der Waals surface area contributed by atoms with Crippen molar-refractivity contribution in [2.75, 3.05) is 0 Å². The second-order valence-electron chi connectivity index (χ2n) is 3.57. The summed E-state index contributed by atoms with van der Waals surface area (Å²) in [6.45, 7) is 0. The molecule has 0 heterocycles. The van der Waals surface area contributed by atoms with Crippen molar-refractivity contribution in [1.29, 1.82) is 0 Å². The van der Waals surface area contributed by atoms with E-state index in [-0.39, 0.29) is 5.56 Å². The van der Waals surface area contributed by atoms with Crippen molar-refractivity contribution in [2.24, 2.45) is 0 Å². The van der Waals surface area contributed by atoms with Gasteiger partial charge in [0.15, 0.2) is 0 Å². The van der Waals surface area contributed by atoms with E-state index in [4.69, 9.17) is 0 Å². The van der Waals surface area contributed by atoms with E-state index in [0.29, 0.717) is 10.0 Å². The van der Waals surface area contributed by atoms with Crippen molar-refractivity contribution in [3.8, 4) is 0 Å². The average Bonchev–Trinajstić information content (AvgIpc) is 2.32. The summed E-state index contributed by atoms with van der Waals surface area (Å²) in [5.74, 6) is -0.434. The van der Waals surface area contributed by atoms with Crippen LogP contribution in [0.3, 0.4) is 0 Å². The molecule has 1 N–H and O–H groups in total. The first-order valence-electron chi connectivity index (χ1n) is 4.97. The van der Waals surface area contributed by atoms with Crippen molar-refractivity contribution in [3.05, 3.63) is 68.4 Å². The highest BCUT2D eigenvalue weighted by molar-refractivity contribution is 9.10. The summed E-state index contributed by atoms with van der Waals surface area (Å²) >= 11 is 6.45. The zero-order valence-electron chi connectivity index (χ0n) is 8.70. The number of aliphatic hydroxyl groups excluding tert-OH is 1.